The van der Waals surface area contributed by atoms with Crippen LogP contribution in [0.1, 0.15) is 45.6 Å². The van der Waals surface area contributed by atoms with Crippen molar-refractivity contribution in [3.05, 3.63) is 35.9 Å². The molecule has 27 heavy (non-hydrogen) atoms. The lowest BCUT2D eigenvalue weighted by Crippen LogP contribution is -2.53. The van der Waals surface area contributed by atoms with Crippen LogP contribution in [0, 0.1) is 0 Å². The zero-order valence-corrected chi connectivity index (χ0v) is 16.9. The molecule has 0 unspecified atom stereocenters. The fourth-order valence-electron chi connectivity index (χ4n) is 3.39. The van der Waals surface area contributed by atoms with Gasteiger partial charge < -0.3 is 19.7 Å². The normalized spacial score (nSPS) is 16.7. The Morgan fingerprint density at radius 1 is 1.15 bits per heavy atom. The summed E-state index contributed by atoms with van der Waals surface area (Å²) < 4.78 is 10.5. The van der Waals surface area contributed by atoms with E-state index in [1.807, 2.05) is 51.1 Å². The van der Waals surface area contributed by atoms with Crippen LogP contribution in [0.4, 0.5) is 4.79 Å². The summed E-state index contributed by atoms with van der Waals surface area (Å²) in [7, 11) is 1.65. The average Bonchev–Trinajstić information content (AvgIpc) is 2.64. The number of nitrogens with one attached hydrogen (secondary N) is 1. The maximum atomic E-state index is 13.1. The van der Waals surface area contributed by atoms with E-state index < -0.39 is 11.0 Å². The van der Waals surface area contributed by atoms with E-state index >= 15 is 0 Å². The van der Waals surface area contributed by atoms with E-state index in [1.54, 1.807) is 12.0 Å². The predicted octanol–water partition coefficient (Wildman–Crippen LogP) is 3.11. The molecular formula is C21H32N2O4. The highest BCUT2D eigenvalue weighted by molar-refractivity contribution is 5.88. The van der Waals surface area contributed by atoms with E-state index in [0.717, 1.165) is 12.0 Å². The van der Waals surface area contributed by atoms with E-state index in [1.165, 1.54) is 0 Å². The summed E-state index contributed by atoms with van der Waals surface area (Å²) in [6.07, 6.45) is 1.61. The van der Waals surface area contributed by atoms with Crippen LogP contribution in [0.15, 0.2) is 30.3 Å². The molecule has 1 aromatic rings. The van der Waals surface area contributed by atoms with Gasteiger partial charge in [-0.05, 0) is 45.6 Å². The van der Waals surface area contributed by atoms with Gasteiger partial charge in [-0.15, -0.1) is 0 Å². The van der Waals surface area contributed by atoms with E-state index in [4.69, 9.17) is 9.47 Å². The number of hydrogen-bond donors (Lipinski definition) is 1. The maximum absolute atomic E-state index is 13.1. The van der Waals surface area contributed by atoms with Gasteiger partial charge in [-0.3, -0.25) is 4.79 Å². The molecule has 0 aromatic heterocycles. The highest BCUT2D eigenvalue weighted by atomic mass is 16.6. The van der Waals surface area contributed by atoms with Crippen LogP contribution in [-0.4, -0.2) is 55.9 Å². The monoisotopic (exact) mass is 376 g/mol. The van der Waals surface area contributed by atoms with Crippen molar-refractivity contribution in [3.63, 3.8) is 0 Å². The molecule has 1 heterocycles. The fraction of sp³-hybridized carbons (Fsp3) is 0.619. The van der Waals surface area contributed by atoms with Crippen LogP contribution in [-0.2, 0) is 19.7 Å². The van der Waals surface area contributed by atoms with Crippen LogP contribution >= 0.6 is 0 Å². The minimum atomic E-state index is -0.618. The van der Waals surface area contributed by atoms with E-state index in [2.05, 4.69) is 5.32 Å². The number of benzene rings is 1. The molecular weight excluding hydrogens is 344 g/mol. The van der Waals surface area contributed by atoms with Crippen LogP contribution < -0.4 is 5.32 Å². The van der Waals surface area contributed by atoms with Crippen LogP contribution in [0.2, 0.25) is 0 Å². The highest BCUT2D eigenvalue weighted by Gasteiger charge is 2.44. The fourth-order valence-corrected chi connectivity index (χ4v) is 3.39. The average molecular weight is 376 g/mol. The van der Waals surface area contributed by atoms with Crippen molar-refractivity contribution in [2.45, 2.75) is 51.0 Å². The number of likely N-dealkylation sites (tertiary alicyclic amines) is 1. The van der Waals surface area contributed by atoms with Gasteiger partial charge in [0.1, 0.15) is 5.60 Å². The number of carbonyl (C=O) groups excluding carboxylic acids is 2. The van der Waals surface area contributed by atoms with Gasteiger partial charge >= 0.3 is 6.09 Å². The van der Waals surface area contributed by atoms with Gasteiger partial charge in [0, 0.05) is 33.4 Å². The second kappa shape index (κ2) is 9.22. The topological polar surface area (TPSA) is 67.9 Å². The van der Waals surface area contributed by atoms with Gasteiger partial charge in [-0.1, -0.05) is 30.3 Å². The molecule has 1 aromatic carbocycles. The Morgan fingerprint density at radius 2 is 1.78 bits per heavy atom. The molecule has 0 atom stereocenters. The van der Waals surface area contributed by atoms with E-state index in [9.17, 15) is 9.59 Å². The first-order valence-electron chi connectivity index (χ1n) is 9.59. The standard InChI is InChI=1S/C21H32N2O4/c1-20(2,3)27-19(25)23-14-11-21(12-15-23,17-9-6-5-7-10-17)18(24)22-13-8-16-26-4/h5-7,9-10H,8,11-16H2,1-4H3,(H,22,24). The molecule has 2 amide bonds. The van der Waals surface area contributed by atoms with Gasteiger partial charge in [0.25, 0.3) is 0 Å². The summed E-state index contributed by atoms with van der Waals surface area (Å²) >= 11 is 0. The van der Waals surface area contributed by atoms with Crippen molar-refractivity contribution in [2.24, 2.45) is 0 Å². The first kappa shape index (κ1) is 21.2. The lowest BCUT2D eigenvalue weighted by molar-refractivity contribution is -0.128. The first-order valence-corrected chi connectivity index (χ1v) is 9.59. The first-order chi connectivity index (χ1) is 12.8. The van der Waals surface area contributed by atoms with Gasteiger partial charge in [-0.25, -0.2) is 4.79 Å². The largest absolute Gasteiger partial charge is 0.444 e. The summed E-state index contributed by atoms with van der Waals surface area (Å²) in [5, 5.41) is 3.06. The Hall–Kier alpha value is -2.08. The minimum absolute atomic E-state index is 0.0219. The minimum Gasteiger partial charge on any atom is -0.444 e. The number of methoxy groups -OCH3 is 1. The Kier molecular flexibility index (Phi) is 7.25. The third kappa shape index (κ3) is 5.70. The molecule has 0 saturated carbocycles. The molecule has 1 N–H and O–H groups in total. The Morgan fingerprint density at radius 3 is 2.33 bits per heavy atom. The van der Waals surface area contributed by atoms with Gasteiger partial charge in [0.2, 0.25) is 5.91 Å². The lowest BCUT2D eigenvalue weighted by atomic mass is 9.72. The van der Waals surface area contributed by atoms with E-state index in [0.29, 0.717) is 39.1 Å². The number of amides is 2. The summed E-state index contributed by atoms with van der Waals surface area (Å²) in [4.78, 5) is 27.2. The number of piperidine rings is 1. The quantitative estimate of drug-likeness (QED) is 0.775. The Labute approximate surface area is 162 Å². The molecule has 1 aliphatic rings. The molecule has 150 valence electrons. The predicted molar refractivity (Wildman–Crippen MR) is 105 cm³/mol. The van der Waals surface area contributed by atoms with Crippen molar-refractivity contribution < 1.29 is 19.1 Å². The maximum Gasteiger partial charge on any atom is 0.410 e. The Bertz CT molecular complexity index is 617. The third-order valence-electron chi connectivity index (χ3n) is 4.84. The summed E-state index contributed by atoms with van der Waals surface area (Å²) in [5.41, 5.74) is -0.144. The van der Waals surface area contributed by atoms with Crippen molar-refractivity contribution in [3.8, 4) is 0 Å². The lowest BCUT2D eigenvalue weighted by Gasteiger charge is -2.41. The summed E-state index contributed by atoms with van der Waals surface area (Å²) in [6, 6.07) is 9.85. The van der Waals surface area contributed by atoms with Crippen LogP contribution in [0.5, 0.6) is 0 Å². The second-order valence-electron chi connectivity index (χ2n) is 8.02. The second-order valence-corrected chi connectivity index (χ2v) is 8.02. The van der Waals surface area contributed by atoms with Crippen molar-refractivity contribution in [1.29, 1.82) is 0 Å². The zero-order valence-electron chi connectivity index (χ0n) is 16.9. The molecule has 6 heteroatoms. The summed E-state index contributed by atoms with van der Waals surface area (Å²) in [5.74, 6) is 0.0219. The third-order valence-corrected chi connectivity index (χ3v) is 4.84. The number of ether oxygens (including phenoxy) is 2. The number of nitrogens with zero attached hydrogens (tertiary/aromatic N) is 1. The molecule has 0 radical (unpaired) electrons. The van der Waals surface area contributed by atoms with Crippen LogP contribution in [0.25, 0.3) is 0 Å². The van der Waals surface area contributed by atoms with Gasteiger partial charge in [0.15, 0.2) is 0 Å². The highest BCUT2D eigenvalue weighted by Crippen LogP contribution is 2.36. The van der Waals surface area contributed by atoms with Gasteiger partial charge in [-0.2, -0.15) is 0 Å². The molecule has 1 saturated heterocycles. The molecule has 2 rings (SSSR count). The zero-order chi connectivity index (χ0) is 19.9. The summed E-state index contributed by atoms with van der Waals surface area (Å²) in [6.45, 7) is 7.76. The van der Waals surface area contributed by atoms with E-state index in [-0.39, 0.29) is 12.0 Å². The van der Waals surface area contributed by atoms with Crippen LogP contribution in [0.3, 0.4) is 0 Å². The van der Waals surface area contributed by atoms with Gasteiger partial charge in [0.05, 0.1) is 5.41 Å². The molecule has 1 fully saturated rings. The molecule has 0 spiro atoms. The SMILES string of the molecule is COCCCNC(=O)C1(c2ccccc2)CCN(C(=O)OC(C)(C)C)CC1. The van der Waals surface area contributed by atoms with Crippen molar-refractivity contribution in [2.75, 3.05) is 33.4 Å². The molecule has 1 aliphatic heterocycles. The Balaban J connectivity index is 2.10. The molecule has 0 bridgehead atoms. The molecule has 0 aliphatic carbocycles. The number of hydrogen-bond acceptors (Lipinski definition) is 4. The smallest absolute Gasteiger partial charge is 0.410 e. The number of carbonyl (C=O) groups is 2. The molecule has 6 nitrogen and oxygen atoms in total. The van der Waals surface area contributed by atoms with Crippen molar-refractivity contribution >= 4 is 12.0 Å². The van der Waals surface area contributed by atoms with Crippen molar-refractivity contribution in [1.82, 2.24) is 10.2 Å². The number of rotatable bonds is 6.